The van der Waals surface area contributed by atoms with E-state index in [0.29, 0.717) is 5.92 Å². The zero-order chi connectivity index (χ0) is 16.9. The molecule has 1 N–H and O–H groups in total. The summed E-state index contributed by atoms with van der Waals surface area (Å²) in [6.45, 7) is 8.21. The minimum atomic E-state index is -0.270. The van der Waals surface area contributed by atoms with E-state index in [1.165, 1.54) is 63.7 Å². The van der Waals surface area contributed by atoms with Gasteiger partial charge >= 0.3 is 0 Å². The predicted molar refractivity (Wildman–Crippen MR) is 102 cm³/mol. The molecule has 1 saturated carbocycles. The van der Waals surface area contributed by atoms with Gasteiger partial charge in [0.25, 0.3) is 0 Å². The highest BCUT2D eigenvalue weighted by Gasteiger charge is 2.24. The summed E-state index contributed by atoms with van der Waals surface area (Å²) < 4.78 is 0. The number of aliphatic hydroxyl groups excluding tert-OH is 1. The van der Waals surface area contributed by atoms with Crippen LogP contribution in [0, 0.1) is 11.8 Å². The lowest BCUT2D eigenvalue weighted by Gasteiger charge is -2.29. The number of hydrogen-bond donors (Lipinski definition) is 1. The van der Waals surface area contributed by atoms with E-state index in [1.807, 2.05) is 0 Å². The minimum Gasteiger partial charge on any atom is -0.388 e. The second kappa shape index (κ2) is 8.31. The van der Waals surface area contributed by atoms with E-state index in [0.717, 1.165) is 11.5 Å². The highest BCUT2D eigenvalue weighted by Crippen LogP contribution is 2.35. The largest absolute Gasteiger partial charge is 0.388 e. The minimum absolute atomic E-state index is 0.270. The summed E-state index contributed by atoms with van der Waals surface area (Å²) in [4.78, 5) is 2.59. The molecular formula is C22H33NO. The van der Waals surface area contributed by atoms with Crippen LogP contribution in [-0.4, -0.2) is 29.6 Å². The molecule has 2 fully saturated rings. The summed E-state index contributed by atoms with van der Waals surface area (Å²) in [5.74, 6) is 1.23. The second-order valence-electron chi connectivity index (χ2n) is 8.15. The molecule has 2 heteroatoms. The lowest BCUT2D eigenvalue weighted by molar-refractivity contribution is 0.111. The fourth-order valence-corrected chi connectivity index (χ4v) is 4.25. The van der Waals surface area contributed by atoms with Gasteiger partial charge in [0.2, 0.25) is 0 Å². The maximum atomic E-state index is 10.5. The first-order valence-electron chi connectivity index (χ1n) is 9.81. The van der Waals surface area contributed by atoms with E-state index < -0.39 is 0 Å². The molecule has 2 aliphatic rings. The van der Waals surface area contributed by atoms with Crippen LogP contribution in [0.15, 0.2) is 29.8 Å². The first-order chi connectivity index (χ1) is 11.6. The topological polar surface area (TPSA) is 23.5 Å². The zero-order valence-electron chi connectivity index (χ0n) is 15.4. The van der Waals surface area contributed by atoms with Gasteiger partial charge in [0.05, 0.1) is 6.10 Å². The number of hydrogen-bond acceptors (Lipinski definition) is 2. The SMILES string of the molecule is CC(C)CN1CCC(=Cc2ccc(C(O)C3CCCC3)cc2)CC1. The molecule has 0 radical (unpaired) electrons. The smallest absolute Gasteiger partial charge is 0.0818 e. The fourth-order valence-electron chi connectivity index (χ4n) is 4.25. The average molecular weight is 328 g/mol. The predicted octanol–water partition coefficient (Wildman–Crippen LogP) is 5.05. The maximum Gasteiger partial charge on any atom is 0.0818 e. The van der Waals surface area contributed by atoms with Gasteiger partial charge in [0.15, 0.2) is 0 Å². The fraction of sp³-hybridized carbons (Fsp3) is 0.636. The Kier molecular flexibility index (Phi) is 6.13. The van der Waals surface area contributed by atoms with Crippen LogP contribution in [0.3, 0.4) is 0 Å². The standard InChI is InChI=1S/C22H33NO/c1-17(2)16-23-13-11-19(12-14-23)15-18-7-9-21(10-8-18)22(24)20-5-3-4-6-20/h7-10,15,17,20,22,24H,3-6,11-14,16H2,1-2H3. The normalized spacial score (nSPS) is 21.4. The van der Waals surface area contributed by atoms with Crippen LogP contribution in [0.5, 0.6) is 0 Å². The van der Waals surface area contributed by atoms with Gasteiger partial charge in [-0.15, -0.1) is 0 Å². The van der Waals surface area contributed by atoms with Crippen LogP contribution < -0.4 is 0 Å². The van der Waals surface area contributed by atoms with E-state index in [9.17, 15) is 5.11 Å². The van der Waals surface area contributed by atoms with E-state index >= 15 is 0 Å². The van der Waals surface area contributed by atoms with Gasteiger partial charge in [0, 0.05) is 19.6 Å². The molecule has 1 aromatic rings. The molecule has 1 aromatic carbocycles. The van der Waals surface area contributed by atoms with Crippen molar-refractivity contribution >= 4 is 6.08 Å². The Hall–Kier alpha value is -1.12. The van der Waals surface area contributed by atoms with Crippen LogP contribution in [-0.2, 0) is 0 Å². The molecular weight excluding hydrogens is 294 g/mol. The van der Waals surface area contributed by atoms with Crippen molar-refractivity contribution in [3.05, 3.63) is 41.0 Å². The first kappa shape index (κ1) is 17.7. The van der Waals surface area contributed by atoms with Crippen molar-refractivity contribution in [2.75, 3.05) is 19.6 Å². The molecule has 0 spiro atoms. The lowest BCUT2D eigenvalue weighted by atomic mass is 9.93. The van der Waals surface area contributed by atoms with Crippen molar-refractivity contribution in [2.45, 2.75) is 58.5 Å². The van der Waals surface area contributed by atoms with Gasteiger partial charge in [-0.05, 0) is 48.6 Å². The molecule has 1 aliphatic carbocycles. The van der Waals surface area contributed by atoms with E-state index in [4.69, 9.17) is 0 Å². The number of piperidine rings is 1. The van der Waals surface area contributed by atoms with E-state index in [-0.39, 0.29) is 6.10 Å². The van der Waals surface area contributed by atoms with Crippen LogP contribution >= 0.6 is 0 Å². The van der Waals surface area contributed by atoms with Gasteiger partial charge in [0.1, 0.15) is 0 Å². The molecule has 1 saturated heterocycles. The highest BCUT2D eigenvalue weighted by molar-refractivity contribution is 5.53. The van der Waals surface area contributed by atoms with E-state index in [2.05, 4.69) is 49.1 Å². The number of likely N-dealkylation sites (tertiary alicyclic amines) is 1. The third kappa shape index (κ3) is 4.70. The molecule has 0 aromatic heterocycles. The van der Waals surface area contributed by atoms with Crippen molar-refractivity contribution < 1.29 is 5.11 Å². The summed E-state index contributed by atoms with van der Waals surface area (Å²) in [5.41, 5.74) is 3.94. The molecule has 1 aliphatic heterocycles. The number of benzene rings is 1. The lowest BCUT2D eigenvalue weighted by Crippen LogP contribution is -2.33. The molecule has 1 heterocycles. The molecule has 2 nitrogen and oxygen atoms in total. The first-order valence-corrected chi connectivity index (χ1v) is 9.81. The molecule has 0 amide bonds. The van der Waals surface area contributed by atoms with Gasteiger partial charge < -0.3 is 10.0 Å². The Morgan fingerprint density at radius 3 is 2.29 bits per heavy atom. The van der Waals surface area contributed by atoms with Crippen molar-refractivity contribution in [1.29, 1.82) is 0 Å². The molecule has 1 atom stereocenters. The molecule has 0 bridgehead atoms. The Morgan fingerprint density at radius 1 is 1.08 bits per heavy atom. The van der Waals surface area contributed by atoms with Crippen LogP contribution in [0.25, 0.3) is 6.08 Å². The van der Waals surface area contributed by atoms with Gasteiger partial charge in [-0.25, -0.2) is 0 Å². The van der Waals surface area contributed by atoms with Crippen molar-refractivity contribution in [3.8, 4) is 0 Å². The molecule has 1 unspecified atom stereocenters. The molecule has 132 valence electrons. The number of aliphatic hydroxyl groups is 1. The van der Waals surface area contributed by atoms with Crippen molar-refractivity contribution in [2.24, 2.45) is 11.8 Å². The maximum absolute atomic E-state index is 10.5. The van der Waals surface area contributed by atoms with Crippen LogP contribution in [0.1, 0.15) is 69.6 Å². The number of nitrogens with zero attached hydrogens (tertiary/aromatic N) is 1. The third-order valence-electron chi connectivity index (χ3n) is 5.62. The third-order valence-corrected chi connectivity index (χ3v) is 5.62. The number of rotatable bonds is 5. The van der Waals surface area contributed by atoms with Crippen LogP contribution in [0.4, 0.5) is 0 Å². The molecule has 24 heavy (non-hydrogen) atoms. The van der Waals surface area contributed by atoms with Crippen molar-refractivity contribution in [1.82, 2.24) is 4.90 Å². The summed E-state index contributed by atoms with van der Waals surface area (Å²) in [7, 11) is 0. The van der Waals surface area contributed by atoms with Gasteiger partial charge in [-0.1, -0.05) is 62.6 Å². The quantitative estimate of drug-likeness (QED) is 0.818. The monoisotopic (exact) mass is 327 g/mol. The second-order valence-corrected chi connectivity index (χ2v) is 8.15. The Bertz CT molecular complexity index is 530. The summed E-state index contributed by atoms with van der Waals surface area (Å²) >= 11 is 0. The Morgan fingerprint density at radius 2 is 1.71 bits per heavy atom. The Balaban J connectivity index is 1.56. The summed E-state index contributed by atoms with van der Waals surface area (Å²) in [5, 5.41) is 10.5. The van der Waals surface area contributed by atoms with E-state index in [1.54, 1.807) is 5.57 Å². The zero-order valence-corrected chi connectivity index (χ0v) is 15.4. The highest BCUT2D eigenvalue weighted by atomic mass is 16.3. The Labute approximate surface area is 147 Å². The van der Waals surface area contributed by atoms with Gasteiger partial charge in [-0.2, -0.15) is 0 Å². The van der Waals surface area contributed by atoms with Gasteiger partial charge in [-0.3, -0.25) is 0 Å². The molecule has 3 rings (SSSR count). The summed E-state index contributed by atoms with van der Waals surface area (Å²) in [6.07, 6.45) is 9.39. The summed E-state index contributed by atoms with van der Waals surface area (Å²) in [6, 6.07) is 8.62. The van der Waals surface area contributed by atoms with Crippen LogP contribution in [0.2, 0.25) is 0 Å². The average Bonchev–Trinajstić information content (AvgIpc) is 3.11. The van der Waals surface area contributed by atoms with Crippen molar-refractivity contribution in [3.63, 3.8) is 0 Å².